The number of ketones is 6. The van der Waals surface area contributed by atoms with E-state index in [0.29, 0.717) is 31.5 Å². The van der Waals surface area contributed by atoms with Gasteiger partial charge in [-0.3, -0.25) is 52.7 Å². The van der Waals surface area contributed by atoms with Gasteiger partial charge in [-0.1, -0.05) is 119 Å². The number of unbranched alkanes of at least 4 members (excludes halogenated alkanes) is 13. The maximum atomic E-state index is 12.5. The second-order valence-corrected chi connectivity index (χ2v) is 23.2. The summed E-state index contributed by atoms with van der Waals surface area (Å²) in [6, 6.07) is -1.05. The molecule has 4 amide bonds. The van der Waals surface area contributed by atoms with E-state index in [1.165, 1.54) is 51.4 Å². The topological polar surface area (TPSA) is 313 Å². The van der Waals surface area contributed by atoms with Gasteiger partial charge in [0, 0.05) is 82.8 Å². The van der Waals surface area contributed by atoms with Crippen molar-refractivity contribution in [2.75, 3.05) is 79.1 Å². The molecule has 0 unspecified atom stereocenters. The summed E-state index contributed by atoms with van der Waals surface area (Å²) in [5.74, 6) is -5.00. The third-order valence-corrected chi connectivity index (χ3v) is 13.3. The van der Waals surface area contributed by atoms with E-state index in [1.807, 2.05) is 41.5 Å². The first-order valence-corrected chi connectivity index (χ1v) is 29.8. The van der Waals surface area contributed by atoms with Crippen LogP contribution >= 0.6 is 0 Å². The molecule has 0 aliphatic heterocycles. The van der Waals surface area contributed by atoms with Gasteiger partial charge >= 0.3 is 5.97 Å². The number of aliphatic hydroxyl groups excluding tert-OH is 1. The number of carbonyl (C=O) groups excluding carboxylic acids is 10. The molecule has 466 valence electrons. The molecular weight excluding hydrogens is 1050 g/mol. The van der Waals surface area contributed by atoms with Crippen LogP contribution in [0, 0.1) is 16.7 Å². The second-order valence-electron chi connectivity index (χ2n) is 23.2. The quantitative estimate of drug-likeness (QED) is 0.0349. The highest BCUT2D eigenvalue weighted by atomic mass is 16.5. The maximum absolute atomic E-state index is 12.5. The highest BCUT2D eigenvalue weighted by molar-refractivity contribution is 5.93. The van der Waals surface area contributed by atoms with Crippen LogP contribution in [0.25, 0.3) is 0 Å². The van der Waals surface area contributed by atoms with E-state index in [4.69, 9.17) is 18.9 Å². The highest BCUT2D eigenvalue weighted by Crippen LogP contribution is 2.22. The lowest BCUT2D eigenvalue weighted by Crippen LogP contribution is -2.43. The number of aliphatic carboxylic acids is 1. The SMILES string of the molecule is CC(C)(C)CCC(=O)[C@H](CO)NC(=O)CCC(=O)CNC(=O)CCC(=O)CNC(=O)COCCOCCCC(=O)COCCOCCNC(=O)CC[C@H](CC(=O)CCCCCCCCCCCCCCCCC(=O)C(C)(C)C)C(=O)O. The number of nitrogens with one attached hydrogen (secondary N) is 4. The van der Waals surface area contributed by atoms with Crippen molar-refractivity contribution in [2.24, 2.45) is 16.7 Å². The molecule has 21 nitrogen and oxygen atoms in total. The molecule has 0 fully saturated rings. The Labute approximate surface area is 482 Å². The average molecular weight is 1150 g/mol. The van der Waals surface area contributed by atoms with E-state index in [1.54, 1.807) is 0 Å². The lowest BCUT2D eigenvalue weighted by molar-refractivity contribution is -0.144. The number of hydrogen-bond donors (Lipinski definition) is 6. The summed E-state index contributed by atoms with van der Waals surface area (Å²) in [6.07, 6.45) is 17.6. The third-order valence-electron chi connectivity index (χ3n) is 13.3. The van der Waals surface area contributed by atoms with E-state index < -0.39 is 53.8 Å². The van der Waals surface area contributed by atoms with Gasteiger partial charge in [0.05, 0.1) is 58.6 Å². The first kappa shape index (κ1) is 76.2. The highest BCUT2D eigenvalue weighted by Gasteiger charge is 2.24. The second kappa shape index (κ2) is 47.6. The fraction of sp³-hybridized carbons (Fsp3) is 0.817. The summed E-state index contributed by atoms with van der Waals surface area (Å²) in [5, 5.41) is 29.1. The van der Waals surface area contributed by atoms with Gasteiger partial charge in [-0.05, 0) is 37.5 Å². The standard InChI is InChI=1S/C60H104N4O17/c1-59(2,3)32-31-52(70)51(43-65)64-56(74)30-27-49(68)41-62-55(73)29-26-48(67)42-63-57(75)45-81-39-36-78-34-21-23-50(69)44-80-38-37-79-35-33-61-54(72)28-25-46(58(76)77)40-47(66)22-19-17-15-13-11-9-7-8-10-12-14-16-18-20-24-53(71)60(4,5)6/h46,51,65H,7-45H2,1-6H3,(H,61,72)(H,62,73)(H,63,75)(H,64,74)(H,76,77)/t46-,51+/m1/s1. The summed E-state index contributed by atoms with van der Waals surface area (Å²) in [5.41, 5.74) is -0.315. The molecule has 0 saturated heterocycles. The van der Waals surface area contributed by atoms with E-state index >= 15 is 0 Å². The Kier molecular flexibility index (Phi) is 44.8. The number of carboxylic acids is 1. The molecule has 21 heteroatoms. The molecule has 6 N–H and O–H groups in total. The normalized spacial score (nSPS) is 12.3. The molecule has 0 spiro atoms. The van der Waals surface area contributed by atoms with Crippen LogP contribution in [0.1, 0.15) is 215 Å². The van der Waals surface area contributed by atoms with Crippen molar-refractivity contribution in [1.29, 1.82) is 0 Å². The molecule has 0 saturated carbocycles. The average Bonchev–Trinajstić information content (AvgIpc) is 3.41. The predicted molar refractivity (Wildman–Crippen MR) is 306 cm³/mol. The minimum atomic E-state index is -1.08. The zero-order valence-corrected chi connectivity index (χ0v) is 50.3. The van der Waals surface area contributed by atoms with Gasteiger partial charge in [0.25, 0.3) is 0 Å². The number of carboxylic acid groups (broad SMARTS) is 1. The summed E-state index contributed by atoms with van der Waals surface area (Å²) in [6.45, 7) is 11.5. The van der Waals surface area contributed by atoms with Crippen molar-refractivity contribution >= 4 is 64.3 Å². The number of hydrogen-bond acceptors (Lipinski definition) is 16. The molecule has 0 radical (unpaired) electrons. The molecule has 0 bridgehead atoms. The van der Waals surface area contributed by atoms with Gasteiger partial charge in [0.1, 0.15) is 30.8 Å². The first-order valence-electron chi connectivity index (χ1n) is 29.8. The van der Waals surface area contributed by atoms with Crippen molar-refractivity contribution in [3.8, 4) is 0 Å². The van der Waals surface area contributed by atoms with Crippen LogP contribution in [0.4, 0.5) is 0 Å². The Hall–Kier alpha value is -4.83. The molecular formula is C60H104N4O17. The smallest absolute Gasteiger partial charge is 0.306 e. The number of rotatable bonds is 55. The number of Topliss-reactive ketones (excluding diaryl/α,β-unsaturated/α-hetero) is 6. The van der Waals surface area contributed by atoms with Crippen LogP contribution in [0.5, 0.6) is 0 Å². The molecule has 0 aromatic rings. The molecule has 0 aromatic carbocycles. The molecule has 2 atom stereocenters. The third kappa shape index (κ3) is 48.4. The number of ether oxygens (including phenoxy) is 4. The largest absolute Gasteiger partial charge is 0.481 e. The van der Waals surface area contributed by atoms with Gasteiger partial charge < -0.3 is 50.4 Å². The number of amides is 4. The minimum Gasteiger partial charge on any atom is -0.481 e. The molecule has 0 aromatic heterocycles. The summed E-state index contributed by atoms with van der Waals surface area (Å²) in [7, 11) is 0. The molecule has 81 heavy (non-hydrogen) atoms. The summed E-state index contributed by atoms with van der Waals surface area (Å²) < 4.78 is 21.5. The van der Waals surface area contributed by atoms with Gasteiger partial charge in [0.15, 0.2) is 23.1 Å². The Morgan fingerprint density at radius 2 is 0.901 bits per heavy atom. The number of carbonyl (C=O) groups is 11. The predicted octanol–water partition coefficient (Wildman–Crippen LogP) is 6.62. The molecule has 0 aliphatic rings. The Bertz CT molecular complexity index is 1860. The van der Waals surface area contributed by atoms with Crippen LogP contribution in [-0.4, -0.2) is 160 Å². The van der Waals surface area contributed by atoms with Crippen LogP contribution in [0.2, 0.25) is 0 Å². The fourth-order valence-electron chi connectivity index (χ4n) is 8.07. The van der Waals surface area contributed by atoms with Gasteiger partial charge in [-0.2, -0.15) is 0 Å². The van der Waals surface area contributed by atoms with Gasteiger partial charge in [-0.15, -0.1) is 0 Å². The number of aliphatic hydroxyl groups is 1. The first-order chi connectivity index (χ1) is 38.4. The van der Waals surface area contributed by atoms with E-state index in [9.17, 15) is 63.0 Å². The lowest BCUT2D eigenvalue weighted by atomic mass is 9.88. The lowest BCUT2D eigenvalue weighted by Gasteiger charge is -2.20. The van der Waals surface area contributed by atoms with Crippen molar-refractivity contribution in [3.63, 3.8) is 0 Å². The van der Waals surface area contributed by atoms with Crippen molar-refractivity contribution in [1.82, 2.24) is 21.3 Å². The van der Waals surface area contributed by atoms with Crippen LogP contribution in [0.3, 0.4) is 0 Å². The fourth-order valence-corrected chi connectivity index (χ4v) is 8.07. The van der Waals surface area contributed by atoms with E-state index in [-0.39, 0.29) is 164 Å². The maximum Gasteiger partial charge on any atom is 0.306 e. The van der Waals surface area contributed by atoms with Crippen LogP contribution < -0.4 is 21.3 Å². The summed E-state index contributed by atoms with van der Waals surface area (Å²) in [4.78, 5) is 134. The van der Waals surface area contributed by atoms with Gasteiger partial charge in [0.2, 0.25) is 23.6 Å². The van der Waals surface area contributed by atoms with Crippen molar-refractivity contribution in [2.45, 2.75) is 221 Å². The molecule has 0 aliphatic carbocycles. The van der Waals surface area contributed by atoms with Crippen LogP contribution in [0.15, 0.2) is 0 Å². The van der Waals surface area contributed by atoms with Gasteiger partial charge in [-0.25, -0.2) is 0 Å². The van der Waals surface area contributed by atoms with E-state index in [0.717, 1.165) is 38.5 Å². The van der Waals surface area contributed by atoms with Crippen molar-refractivity contribution in [3.05, 3.63) is 0 Å². The minimum absolute atomic E-state index is 0.0181. The molecule has 0 rings (SSSR count). The monoisotopic (exact) mass is 1150 g/mol. The Balaban J connectivity index is 3.80. The zero-order valence-electron chi connectivity index (χ0n) is 50.3. The molecule has 0 heterocycles. The van der Waals surface area contributed by atoms with E-state index in [2.05, 4.69) is 21.3 Å². The van der Waals surface area contributed by atoms with Crippen molar-refractivity contribution < 1.29 is 81.9 Å². The Morgan fingerprint density at radius 1 is 0.432 bits per heavy atom. The Morgan fingerprint density at radius 3 is 1.43 bits per heavy atom. The summed E-state index contributed by atoms with van der Waals surface area (Å²) >= 11 is 0. The zero-order chi connectivity index (χ0) is 60.7. The van der Waals surface area contributed by atoms with Crippen LogP contribution in [-0.2, 0) is 71.7 Å².